The lowest BCUT2D eigenvalue weighted by Crippen LogP contribution is -2.60. The van der Waals surface area contributed by atoms with Gasteiger partial charge in [-0.1, -0.05) is 18.2 Å². The highest BCUT2D eigenvalue weighted by molar-refractivity contribution is 5.05. The number of allylic oxidation sites excluding steroid dienone is 1. The number of piperidine rings is 1. The summed E-state index contributed by atoms with van der Waals surface area (Å²) in [5.41, 5.74) is 0. The number of hydrogen-bond acceptors (Lipinski definition) is 4. The third-order valence-corrected chi connectivity index (χ3v) is 2.69. The van der Waals surface area contributed by atoms with E-state index in [4.69, 9.17) is 0 Å². The van der Waals surface area contributed by atoms with Crippen molar-refractivity contribution in [3.05, 3.63) is 24.8 Å². The van der Waals surface area contributed by atoms with Crippen molar-refractivity contribution in [2.45, 2.75) is 31.3 Å². The van der Waals surface area contributed by atoms with Gasteiger partial charge >= 0.3 is 0 Å². The average Bonchev–Trinajstić information content (AvgIpc) is 2.21. The second kappa shape index (κ2) is 5.42. The van der Waals surface area contributed by atoms with Crippen LogP contribution >= 0.6 is 0 Å². The summed E-state index contributed by atoms with van der Waals surface area (Å²) < 4.78 is 0. The topological polar surface area (TPSA) is 63.9 Å². The van der Waals surface area contributed by atoms with Crippen LogP contribution in [0.25, 0.3) is 0 Å². The van der Waals surface area contributed by atoms with Gasteiger partial charge in [-0.3, -0.25) is 4.90 Å². The summed E-state index contributed by atoms with van der Waals surface area (Å²) >= 11 is 0. The molecule has 0 amide bonds. The van der Waals surface area contributed by atoms with Crippen molar-refractivity contribution in [3.8, 4) is 0 Å². The van der Waals surface area contributed by atoms with E-state index in [0.717, 1.165) is 0 Å². The second-order valence-electron chi connectivity index (χ2n) is 3.81. The Kier molecular flexibility index (Phi) is 4.47. The Balaban J connectivity index is 2.80. The van der Waals surface area contributed by atoms with Crippen molar-refractivity contribution < 1.29 is 15.3 Å². The van der Waals surface area contributed by atoms with Crippen LogP contribution in [-0.2, 0) is 0 Å². The summed E-state index contributed by atoms with van der Waals surface area (Å²) in [6.45, 7) is 6.41. The number of hydrogen-bond donors (Lipinski definition) is 3. The average molecular weight is 213 g/mol. The lowest BCUT2D eigenvalue weighted by molar-refractivity contribution is -0.124. The van der Waals surface area contributed by atoms with Gasteiger partial charge in [-0.05, 0) is 6.92 Å². The molecule has 0 aromatic heterocycles. The summed E-state index contributed by atoms with van der Waals surface area (Å²) in [5.74, 6) is 0. The van der Waals surface area contributed by atoms with Crippen LogP contribution in [0.4, 0.5) is 0 Å². The molecule has 1 saturated heterocycles. The third-order valence-electron chi connectivity index (χ3n) is 2.69. The molecule has 1 heterocycles. The van der Waals surface area contributed by atoms with Gasteiger partial charge in [0.1, 0.15) is 12.2 Å². The standard InChI is InChI=1S/C11H19NO3/c1-3-5-8-10(14)11(15)9(13)7-12(8)6-4-2/h3-5,8-11,13-15H,2,6-7H2,1H3/b5-3+/t8-,9-,10+,11+/m1/s1. The van der Waals surface area contributed by atoms with Crippen LogP contribution in [0, 0.1) is 0 Å². The van der Waals surface area contributed by atoms with E-state index in [1.54, 1.807) is 6.08 Å². The summed E-state index contributed by atoms with van der Waals surface area (Å²) in [6, 6.07) is -0.258. The van der Waals surface area contributed by atoms with E-state index in [1.165, 1.54) is 0 Å². The number of likely N-dealkylation sites (tertiary alicyclic amines) is 1. The van der Waals surface area contributed by atoms with Crippen molar-refractivity contribution >= 4 is 0 Å². The van der Waals surface area contributed by atoms with Crippen LogP contribution in [0.1, 0.15) is 6.92 Å². The Morgan fingerprint density at radius 3 is 2.53 bits per heavy atom. The molecule has 86 valence electrons. The summed E-state index contributed by atoms with van der Waals surface area (Å²) in [7, 11) is 0. The molecule has 0 radical (unpaired) electrons. The maximum atomic E-state index is 9.80. The van der Waals surface area contributed by atoms with Gasteiger partial charge in [0, 0.05) is 13.1 Å². The predicted molar refractivity (Wildman–Crippen MR) is 58.4 cm³/mol. The molecule has 0 saturated carbocycles. The highest BCUT2D eigenvalue weighted by atomic mass is 16.4. The van der Waals surface area contributed by atoms with Crippen molar-refractivity contribution in [1.29, 1.82) is 0 Å². The largest absolute Gasteiger partial charge is 0.389 e. The lowest BCUT2D eigenvalue weighted by Gasteiger charge is -2.42. The Bertz CT molecular complexity index is 242. The maximum Gasteiger partial charge on any atom is 0.109 e. The van der Waals surface area contributed by atoms with Gasteiger partial charge in [-0.15, -0.1) is 6.58 Å². The van der Waals surface area contributed by atoms with E-state index in [1.807, 2.05) is 24.0 Å². The quantitative estimate of drug-likeness (QED) is 0.554. The predicted octanol–water partition coefficient (Wildman–Crippen LogP) is -0.485. The molecule has 1 fully saturated rings. The molecule has 0 bridgehead atoms. The number of rotatable bonds is 3. The summed E-state index contributed by atoms with van der Waals surface area (Å²) in [5, 5.41) is 28.9. The molecule has 0 aliphatic carbocycles. The molecule has 15 heavy (non-hydrogen) atoms. The number of aliphatic hydroxyl groups is 3. The highest BCUT2D eigenvalue weighted by Gasteiger charge is 2.39. The van der Waals surface area contributed by atoms with E-state index < -0.39 is 18.3 Å². The van der Waals surface area contributed by atoms with Gasteiger partial charge in [0.05, 0.1) is 12.1 Å². The van der Waals surface area contributed by atoms with Crippen molar-refractivity contribution in [1.82, 2.24) is 4.90 Å². The zero-order valence-corrected chi connectivity index (χ0v) is 8.95. The third kappa shape index (κ3) is 2.66. The monoisotopic (exact) mass is 213 g/mol. The van der Waals surface area contributed by atoms with Crippen LogP contribution in [0.5, 0.6) is 0 Å². The first kappa shape index (κ1) is 12.4. The van der Waals surface area contributed by atoms with E-state index in [-0.39, 0.29) is 6.04 Å². The Morgan fingerprint density at radius 1 is 1.33 bits per heavy atom. The number of β-amino-alcohol motifs (C(OH)–C–C–N with tert-alkyl or cyclic N) is 1. The Morgan fingerprint density at radius 2 is 2.00 bits per heavy atom. The zero-order chi connectivity index (χ0) is 11.4. The molecule has 0 aromatic carbocycles. The Labute approximate surface area is 90.1 Å². The first-order valence-corrected chi connectivity index (χ1v) is 5.13. The summed E-state index contributed by atoms with van der Waals surface area (Å²) in [4.78, 5) is 1.88. The van der Waals surface area contributed by atoms with E-state index in [0.29, 0.717) is 13.1 Å². The van der Waals surface area contributed by atoms with Crippen LogP contribution in [0.2, 0.25) is 0 Å². The Hall–Kier alpha value is -0.680. The van der Waals surface area contributed by atoms with Crippen molar-refractivity contribution in [2.24, 2.45) is 0 Å². The minimum Gasteiger partial charge on any atom is -0.389 e. The first-order valence-electron chi connectivity index (χ1n) is 5.13. The van der Waals surface area contributed by atoms with Crippen LogP contribution in [0.15, 0.2) is 24.8 Å². The van der Waals surface area contributed by atoms with E-state index in [2.05, 4.69) is 6.58 Å². The SMILES string of the molecule is C=CCN1C[C@@H](O)[C@H](O)[C@@H](O)[C@H]1/C=C/C. The molecular weight excluding hydrogens is 194 g/mol. The van der Waals surface area contributed by atoms with Gasteiger partial charge in [0.25, 0.3) is 0 Å². The molecule has 3 N–H and O–H groups in total. The van der Waals surface area contributed by atoms with Crippen molar-refractivity contribution in [2.75, 3.05) is 13.1 Å². The smallest absolute Gasteiger partial charge is 0.109 e. The molecule has 0 spiro atoms. The van der Waals surface area contributed by atoms with Crippen LogP contribution < -0.4 is 0 Å². The van der Waals surface area contributed by atoms with E-state index in [9.17, 15) is 15.3 Å². The first-order chi connectivity index (χ1) is 7.11. The number of aliphatic hydroxyl groups excluding tert-OH is 3. The van der Waals surface area contributed by atoms with Gasteiger partial charge in [0.2, 0.25) is 0 Å². The second-order valence-corrected chi connectivity index (χ2v) is 3.81. The fraction of sp³-hybridized carbons (Fsp3) is 0.636. The fourth-order valence-corrected chi connectivity index (χ4v) is 1.91. The normalized spacial score (nSPS) is 38.4. The van der Waals surface area contributed by atoms with Gasteiger partial charge in [-0.25, -0.2) is 0 Å². The zero-order valence-electron chi connectivity index (χ0n) is 8.95. The van der Waals surface area contributed by atoms with E-state index >= 15 is 0 Å². The minimum atomic E-state index is -1.08. The molecule has 1 aliphatic heterocycles. The lowest BCUT2D eigenvalue weighted by atomic mass is 9.93. The molecular formula is C11H19NO3. The summed E-state index contributed by atoms with van der Waals surface area (Å²) in [6.07, 6.45) is 2.43. The molecule has 1 aliphatic rings. The van der Waals surface area contributed by atoms with Crippen molar-refractivity contribution in [3.63, 3.8) is 0 Å². The number of nitrogens with zero attached hydrogens (tertiary/aromatic N) is 1. The molecule has 0 unspecified atom stereocenters. The molecule has 1 rings (SSSR count). The molecule has 0 aromatic rings. The maximum absolute atomic E-state index is 9.80. The minimum absolute atomic E-state index is 0.258. The van der Waals surface area contributed by atoms with Crippen LogP contribution in [-0.4, -0.2) is 57.7 Å². The van der Waals surface area contributed by atoms with Gasteiger partial charge < -0.3 is 15.3 Å². The van der Waals surface area contributed by atoms with Crippen LogP contribution in [0.3, 0.4) is 0 Å². The van der Waals surface area contributed by atoms with Gasteiger partial charge in [-0.2, -0.15) is 0 Å². The fourth-order valence-electron chi connectivity index (χ4n) is 1.91. The molecule has 4 heteroatoms. The highest BCUT2D eigenvalue weighted by Crippen LogP contribution is 2.19. The van der Waals surface area contributed by atoms with Gasteiger partial charge in [0.15, 0.2) is 0 Å². The molecule has 4 atom stereocenters. The molecule has 4 nitrogen and oxygen atoms in total.